The molecule has 0 atom stereocenters. The number of piperazine rings is 1. The predicted octanol–water partition coefficient (Wildman–Crippen LogP) is 3.70. The summed E-state index contributed by atoms with van der Waals surface area (Å²) < 4.78 is 33.9. The third-order valence-electron chi connectivity index (χ3n) is 5.88. The molecular weight excluding hydrogens is 442 g/mol. The first kappa shape index (κ1) is 21.7. The fraction of sp³-hybridized carbons (Fsp3) is 0.250. The van der Waals surface area contributed by atoms with Crippen molar-refractivity contribution in [2.75, 3.05) is 38.2 Å². The lowest BCUT2D eigenvalue weighted by atomic mass is 10.1. The number of pyridine rings is 1. The fourth-order valence-electron chi connectivity index (χ4n) is 4.05. The van der Waals surface area contributed by atoms with Crippen LogP contribution in [0.2, 0.25) is 0 Å². The van der Waals surface area contributed by atoms with Crippen LogP contribution in [0.4, 0.5) is 14.6 Å². The Morgan fingerprint density at radius 3 is 2.47 bits per heavy atom. The lowest BCUT2D eigenvalue weighted by molar-refractivity contribution is 0.0748. The van der Waals surface area contributed by atoms with Crippen LogP contribution in [0.25, 0.3) is 16.9 Å². The van der Waals surface area contributed by atoms with E-state index in [4.69, 9.17) is 4.74 Å². The van der Waals surface area contributed by atoms with Gasteiger partial charge in [-0.3, -0.25) is 4.79 Å². The number of benzene rings is 1. The van der Waals surface area contributed by atoms with Crippen molar-refractivity contribution in [2.24, 2.45) is 0 Å². The molecule has 1 aliphatic rings. The maximum absolute atomic E-state index is 13.9. The summed E-state index contributed by atoms with van der Waals surface area (Å²) >= 11 is 0. The number of methoxy groups -OCH3 is 1. The van der Waals surface area contributed by atoms with Crippen molar-refractivity contribution in [3.63, 3.8) is 0 Å². The quantitative estimate of drug-likeness (QED) is 0.448. The molecule has 4 aromatic rings. The van der Waals surface area contributed by atoms with Crippen LogP contribution in [-0.2, 0) is 0 Å². The highest BCUT2D eigenvalue weighted by atomic mass is 19.3. The van der Waals surface area contributed by atoms with E-state index in [-0.39, 0.29) is 22.8 Å². The summed E-state index contributed by atoms with van der Waals surface area (Å²) in [6.45, 7) is 2.20. The molecule has 1 amide bonds. The SMILES string of the molecule is COc1ccc(-c2cc(C(F)F)n3ncc(C(=O)N4CCN(c5ccccn5)CC4)c3n2)cc1. The Labute approximate surface area is 194 Å². The van der Waals surface area contributed by atoms with Gasteiger partial charge in [-0.2, -0.15) is 5.10 Å². The molecule has 0 saturated carbocycles. The average Bonchev–Trinajstić information content (AvgIpc) is 3.32. The van der Waals surface area contributed by atoms with Crippen LogP contribution >= 0.6 is 0 Å². The number of aromatic nitrogens is 4. The first-order chi connectivity index (χ1) is 16.5. The van der Waals surface area contributed by atoms with Crippen LogP contribution in [0, 0.1) is 0 Å². The van der Waals surface area contributed by atoms with Gasteiger partial charge in [-0.25, -0.2) is 23.3 Å². The van der Waals surface area contributed by atoms with Gasteiger partial charge >= 0.3 is 0 Å². The third-order valence-corrected chi connectivity index (χ3v) is 5.88. The molecule has 0 unspecified atom stereocenters. The van der Waals surface area contributed by atoms with Crippen molar-refractivity contribution in [1.29, 1.82) is 0 Å². The van der Waals surface area contributed by atoms with Crippen molar-refractivity contribution < 1.29 is 18.3 Å². The minimum atomic E-state index is -2.78. The molecule has 1 aliphatic heterocycles. The third kappa shape index (κ3) is 4.02. The molecule has 0 aliphatic carbocycles. The van der Waals surface area contributed by atoms with Gasteiger partial charge in [0.15, 0.2) is 5.65 Å². The molecule has 34 heavy (non-hydrogen) atoms. The Bertz CT molecular complexity index is 1300. The van der Waals surface area contributed by atoms with Gasteiger partial charge in [-0.1, -0.05) is 6.07 Å². The van der Waals surface area contributed by atoms with Gasteiger partial charge in [0.05, 0.1) is 19.0 Å². The Hall–Kier alpha value is -4.08. The van der Waals surface area contributed by atoms with E-state index >= 15 is 0 Å². The van der Waals surface area contributed by atoms with Crippen LogP contribution < -0.4 is 9.64 Å². The molecule has 4 heterocycles. The van der Waals surface area contributed by atoms with E-state index in [0.29, 0.717) is 43.2 Å². The average molecular weight is 464 g/mol. The highest BCUT2D eigenvalue weighted by Crippen LogP contribution is 2.28. The van der Waals surface area contributed by atoms with Gasteiger partial charge < -0.3 is 14.5 Å². The van der Waals surface area contributed by atoms with E-state index in [1.807, 2.05) is 18.2 Å². The van der Waals surface area contributed by atoms with Crippen molar-refractivity contribution >= 4 is 17.4 Å². The second kappa shape index (κ2) is 9.05. The number of rotatable bonds is 5. The number of anilines is 1. The first-order valence-corrected chi connectivity index (χ1v) is 10.8. The van der Waals surface area contributed by atoms with Gasteiger partial charge in [0.25, 0.3) is 12.3 Å². The number of hydrogen-bond donors (Lipinski definition) is 0. The zero-order chi connectivity index (χ0) is 23.7. The number of nitrogens with zero attached hydrogens (tertiary/aromatic N) is 6. The molecule has 0 spiro atoms. The second-order valence-corrected chi connectivity index (χ2v) is 7.86. The molecule has 8 nitrogen and oxygen atoms in total. The first-order valence-electron chi connectivity index (χ1n) is 10.8. The fourth-order valence-corrected chi connectivity index (χ4v) is 4.05. The molecule has 0 N–H and O–H groups in total. The number of ether oxygens (including phenoxy) is 1. The minimum Gasteiger partial charge on any atom is -0.497 e. The van der Waals surface area contributed by atoms with E-state index in [2.05, 4.69) is 20.0 Å². The van der Waals surface area contributed by atoms with Crippen molar-refractivity contribution in [2.45, 2.75) is 6.43 Å². The Morgan fingerprint density at radius 1 is 1.06 bits per heavy atom. The lowest BCUT2D eigenvalue weighted by Crippen LogP contribution is -2.49. The van der Waals surface area contributed by atoms with Crippen LogP contribution in [0.5, 0.6) is 5.75 Å². The number of carbonyl (C=O) groups excluding carboxylic acids is 1. The molecule has 3 aromatic heterocycles. The summed E-state index contributed by atoms with van der Waals surface area (Å²) in [5, 5.41) is 4.07. The predicted molar refractivity (Wildman–Crippen MR) is 122 cm³/mol. The molecule has 1 aromatic carbocycles. The van der Waals surface area contributed by atoms with Crippen molar-refractivity contribution in [3.05, 3.63) is 72.2 Å². The van der Waals surface area contributed by atoms with Crippen LogP contribution in [-0.4, -0.2) is 63.7 Å². The number of amides is 1. The maximum Gasteiger partial charge on any atom is 0.280 e. The lowest BCUT2D eigenvalue weighted by Gasteiger charge is -2.35. The summed E-state index contributed by atoms with van der Waals surface area (Å²) in [5.41, 5.74) is 0.952. The van der Waals surface area contributed by atoms with E-state index in [9.17, 15) is 13.6 Å². The smallest absolute Gasteiger partial charge is 0.280 e. The summed E-state index contributed by atoms with van der Waals surface area (Å²) in [5.74, 6) is 1.22. The number of halogens is 2. The molecule has 10 heteroatoms. The van der Waals surface area contributed by atoms with E-state index in [1.54, 1.807) is 42.5 Å². The molecular formula is C24H22F2N6O2. The van der Waals surface area contributed by atoms with Crippen LogP contribution in [0.15, 0.2) is 60.9 Å². The Morgan fingerprint density at radius 2 is 1.82 bits per heavy atom. The minimum absolute atomic E-state index is 0.112. The topological polar surface area (TPSA) is 75.9 Å². The van der Waals surface area contributed by atoms with Gasteiger partial charge in [0.1, 0.15) is 22.8 Å². The van der Waals surface area contributed by atoms with Crippen LogP contribution in [0.1, 0.15) is 22.5 Å². The Balaban J connectivity index is 1.45. The molecule has 1 fully saturated rings. The van der Waals surface area contributed by atoms with E-state index in [1.165, 1.54) is 12.3 Å². The summed E-state index contributed by atoms with van der Waals surface area (Å²) in [6, 6.07) is 13.9. The molecule has 5 rings (SSSR count). The van der Waals surface area contributed by atoms with Gasteiger partial charge in [-0.05, 0) is 42.5 Å². The molecule has 0 radical (unpaired) electrons. The molecule has 1 saturated heterocycles. The van der Waals surface area contributed by atoms with E-state index in [0.717, 1.165) is 10.3 Å². The number of fused-ring (bicyclic) bond motifs is 1. The number of hydrogen-bond acceptors (Lipinski definition) is 6. The van der Waals surface area contributed by atoms with Gasteiger partial charge in [0.2, 0.25) is 0 Å². The Kier molecular flexibility index (Phi) is 5.79. The van der Waals surface area contributed by atoms with Gasteiger partial charge in [-0.15, -0.1) is 0 Å². The standard InChI is InChI=1S/C24H22F2N6O2/c1-34-17-7-5-16(6-8-17)19-14-20(22(25)26)32-23(29-19)18(15-28-32)24(33)31-12-10-30(11-13-31)21-4-2-3-9-27-21/h2-9,14-15,22H,10-13H2,1H3. The largest absolute Gasteiger partial charge is 0.497 e. The highest BCUT2D eigenvalue weighted by Gasteiger charge is 2.27. The maximum atomic E-state index is 13.9. The normalized spacial score (nSPS) is 14.1. The van der Waals surface area contributed by atoms with Crippen molar-refractivity contribution in [3.8, 4) is 17.0 Å². The van der Waals surface area contributed by atoms with Crippen LogP contribution in [0.3, 0.4) is 0 Å². The van der Waals surface area contributed by atoms with Crippen molar-refractivity contribution in [1.82, 2.24) is 24.5 Å². The zero-order valence-electron chi connectivity index (χ0n) is 18.4. The summed E-state index contributed by atoms with van der Waals surface area (Å²) in [7, 11) is 1.55. The summed E-state index contributed by atoms with van der Waals surface area (Å²) in [4.78, 5) is 26.0. The summed E-state index contributed by atoms with van der Waals surface area (Å²) in [6.07, 6.45) is 0.269. The van der Waals surface area contributed by atoms with Gasteiger partial charge in [0, 0.05) is 37.9 Å². The number of carbonyl (C=O) groups is 1. The number of alkyl halides is 2. The zero-order valence-corrected chi connectivity index (χ0v) is 18.4. The molecule has 0 bridgehead atoms. The highest BCUT2D eigenvalue weighted by molar-refractivity contribution is 6.00. The monoisotopic (exact) mass is 464 g/mol. The molecule has 174 valence electrons. The second-order valence-electron chi connectivity index (χ2n) is 7.86. The van der Waals surface area contributed by atoms with E-state index < -0.39 is 6.43 Å².